The predicted octanol–water partition coefficient (Wildman–Crippen LogP) is 2.96. The van der Waals surface area contributed by atoms with Crippen LogP contribution in [-0.4, -0.2) is 9.97 Å². The molecule has 2 aromatic rings. The van der Waals surface area contributed by atoms with Crippen LogP contribution in [0.25, 0.3) is 11.4 Å². The summed E-state index contributed by atoms with van der Waals surface area (Å²) < 4.78 is 0. The molecule has 0 aliphatic heterocycles. The summed E-state index contributed by atoms with van der Waals surface area (Å²) in [4.78, 5) is 7.53. The molecule has 0 unspecified atom stereocenters. The Morgan fingerprint density at radius 1 is 1.13 bits per heavy atom. The van der Waals surface area contributed by atoms with E-state index in [1.807, 2.05) is 12.4 Å². The summed E-state index contributed by atoms with van der Waals surface area (Å²) in [5, 5.41) is 0. The van der Waals surface area contributed by atoms with Gasteiger partial charge >= 0.3 is 0 Å². The SMILES string of the molecule is c1cc2c(c(-c3ncc[nH]3)c1)CCCC2. The average molecular weight is 198 g/mol. The van der Waals surface area contributed by atoms with Crippen LogP contribution in [0.5, 0.6) is 0 Å². The number of hydrogen-bond acceptors (Lipinski definition) is 1. The quantitative estimate of drug-likeness (QED) is 0.749. The van der Waals surface area contributed by atoms with E-state index in [0.29, 0.717) is 0 Å². The lowest BCUT2D eigenvalue weighted by Crippen LogP contribution is -2.04. The van der Waals surface area contributed by atoms with Gasteiger partial charge in [-0.1, -0.05) is 18.2 Å². The van der Waals surface area contributed by atoms with Crippen LogP contribution in [0.2, 0.25) is 0 Å². The van der Waals surface area contributed by atoms with Crippen molar-refractivity contribution in [1.29, 1.82) is 0 Å². The van der Waals surface area contributed by atoms with Gasteiger partial charge in [0, 0.05) is 18.0 Å². The molecule has 0 amide bonds. The Bertz CT molecular complexity index is 457. The zero-order valence-electron chi connectivity index (χ0n) is 8.66. The Labute approximate surface area is 89.4 Å². The van der Waals surface area contributed by atoms with Crippen LogP contribution in [0.15, 0.2) is 30.6 Å². The van der Waals surface area contributed by atoms with Crippen molar-refractivity contribution < 1.29 is 0 Å². The second kappa shape index (κ2) is 3.54. The third kappa shape index (κ3) is 1.46. The second-order valence-corrected chi connectivity index (χ2v) is 4.09. The maximum absolute atomic E-state index is 4.34. The molecule has 0 saturated carbocycles. The first-order chi connectivity index (χ1) is 7.45. The fourth-order valence-corrected chi connectivity index (χ4v) is 2.42. The van der Waals surface area contributed by atoms with E-state index < -0.39 is 0 Å². The van der Waals surface area contributed by atoms with Crippen molar-refractivity contribution in [3.8, 4) is 11.4 Å². The second-order valence-electron chi connectivity index (χ2n) is 4.09. The van der Waals surface area contributed by atoms with Crippen LogP contribution in [0, 0.1) is 0 Å². The summed E-state index contributed by atoms with van der Waals surface area (Å²) in [7, 11) is 0. The normalized spacial score (nSPS) is 14.9. The lowest BCUT2D eigenvalue weighted by molar-refractivity contribution is 0.686. The van der Waals surface area contributed by atoms with E-state index in [9.17, 15) is 0 Å². The minimum atomic E-state index is 1.01. The molecule has 2 nitrogen and oxygen atoms in total. The van der Waals surface area contributed by atoms with Gasteiger partial charge in [0.25, 0.3) is 0 Å². The van der Waals surface area contributed by atoms with E-state index in [2.05, 4.69) is 28.2 Å². The molecule has 0 spiro atoms. The maximum Gasteiger partial charge on any atom is 0.137 e. The molecular weight excluding hydrogens is 184 g/mol. The summed E-state index contributed by atoms with van der Waals surface area (Å²) in [6.07, 6.45) is 8.77. The highest BCUT2D eigenvalue weighted by atomic mass is 14.9. The molecule has 15 heavy (non-hydrogen) atoms. The van der Waals surface area contributed by atoms with Crippen LogP contribution in [-0.2, 0) is 12.8 Å². The summed E-state index contributed by atoms with van der Waals surface area (Å²) in [5.41, 5.74) is 4.30. The molecule has 0 radical (unpaired) electrons. The number of H-pyrrole nitrogens is 1. The molecule has 0 atom stereocenters. The molecule has 1 aliphatic carbocycles. The van der Waals surface area contributed by atoms with Crippen molar-refractivity contribution in [2.45, 2.75) is 25.7 Å². The zero-order valence-corrected chi connectivity index (χ0v) is 8.66. The average Bonchev–Trinajstić information content (AvgIpc) is 2.82. The molecule has 1 aliphatic rings. The number of imidazole rings is 1. The number of hydrogen-bond donors (Lipinski definition) is 1. The first kappa shape index (κ1) is 8.72. The molecular formula is C13H14N2. The van der Waals surface area contributed by atoms with Crippen LogP contribution >= 0.6 is 0 Å². The van der Waals surface area contributed by atoms with Crippen LogP contribution < -0.4 is 0 Å². The molecule has 0 saturated heterocycles. The highest BCUT2D eigenvalue weighted by molar-refractivity contribution is 5.62. The van der Waals surface area contributed by atoms with Crippen molar-refractivity contribution >= 4 is 0 Å². The van der Waals surface area contributed by atoms with Crippen molar-refractivity contribution in [2.24, 2.45) is 0 Å². The Hall–Kier alpha value is -1.57. The largest absolute Gasteiger partial charge is 0.345 e. The number of fused-ring (bicyclic) bond motifs is 1. The number of aryl methyl sites for hydroxylation is 1. The molecule has 1 aromatic carbocycles. The Kier molecular flexibility index (Phi) is 2.05. The van der Waals surface area contributed by atoms with Gasteiger partial charge in [-0.25, -0.2) is 4.98 Å². The van der Waals surface area contributed by atoms with Gasteiger partial charge in [0.1, 0.15) is 5.82 Å². The molecule has 1 heterocycles. The maximum atomic E-state index is 4.34. The van der Waals surface area contributed by atoms with Gasteiger partial charge in [-0.3, -0.25) is 0 Å². The van der Waals surface area contributed by atoms with E-state index in [0.717, 1.165) is 5.82 Å². The molecule has 0 bridgehead atoms. The van der Waals surface area contributed by atoms with Crippen molar-refractivity contribution in [3.63, 3.8) is 0 Å². The summed E-state index contributed by atoms with van der Waals surface area (Å²) in [6.45, 7) is 0. The van der Waals surface area contributed by atoms with Gasteiger partial charge in [0.2, 0.25) is 0 Å². The minimum Gasteiger partial charge on any atom is -0.345 e. The lowest BCUT2D eigenvalue weighted by atomic mass is 9.88. The van der Waals surface area contributed by atoms with E-state index in [-0.39, 0.29) is 0 Å². The third-order valence-electron chi connectivity index (χ3n) is 3.15. The van der Waals surface area contributed by atoms with Crippen molar-refractivity contribution in [2.75, 3.05) is 0 Å². The fourth-order valence-electron chi connectivity index (χ4n) is 2.42. The third-order valence-corrected chi connectivity index (χ3v) is 3.15. The highest BCUT2D eigenvalue weighted by Gasteiger charge is 2.14. The number of nitrogens with one attached hydrogen (secondary N) is 1. The Morgan fingerprint density at radius 3 is 2.93 bits per heavy atom. The molecule has 1 aromatic heterocycles. The molecule has 2 heteroatoms. The summed E-state index contributed by atoms with van der Waals surface area (Å²) >= 11 is 0. The Morgan fingerprint density at radius 2 is 2.07 bits per heavy atom. The summed E-state index contributed by atoms with van der Waals surface area (Å²) in [5.74, 6) is 1.01. The Balaban J connectivity index is 2.15. The molecule has 0 fully saturated rings. The van der Waals surface area contributed by atoms with Gasteiger partial charge < -0.3 is 4.98 Å². The number of rotatable bonds is 1. The molecule has 1 N–H and O–H groups in total. The van der Waals surface area contributed by atoms with E-state index in [1.54, 1.807) is 0 Å². The van der Waals surface area contributed by atoms with Crippen LogP contribution in [0.1, 0.15) is 24.0 Å². The van der Waals surface area contributed by atoms with E-state index in [4.69, 9.17) is 0 Å². The lowest BCUT2D eigenvalue weighted by Gasteiger charge is -2.18. The first-order valence-electron chi connectivity index (χ1n) is 5.55. The number of nitrogens with zero attached hydrogens (tertiary/aromatic N) is 1. The van der Waals surface area contributed by atoms with Crippen LogP contribution in [0.3, 0.4) is 0 Å². The van der Waals surface area contributed by atoms with Gasteiger partial charge in [0.15, 0.2) is 0 Å². The topological polar surface area (TPSA) is 28.7 Å². The number of benzene rings is 1. The van der Waals surface area contributed by atoms with Gasteiger partial charge in [0.05, 0.1) is 0 Å². The minimum absolute atomic E-state index is 1.01. The highest BCUT2D eigenvalue weighted by Crippen LogP contribution is 2.29. The monoisotopic (exact) mass is 198 g/mol. The molecule has 3 rings (SSSR count). The van der Waals surface area contributed by atoms with Gasteiger partial charge in [-0.15, -0.1) is 0 Å². The van der Waals surface area contributed by atoms with E-state index >= 15 is 0 Å². The first-order valence-corrected chi connectivity index (χ1v) is 5.55. The predicted molar refractivity (Wildman–Crippen MR) is 60.7 cm³/mol. The van der Waals surface area contributed by atoms with Crippen molar-refractivity contribution in [3.05, 3.63) is 41.7 Å². The smallest absolute Gasteiger partial charge is 0.137 e. The summed E-state index contributed by atoms with van der Waals surface area (Å²) in [6, 6.07) is 6.56. The van der Waals surface area contributed by atoms with Gasteiger partial charge in [-0.2, -0.15) is 0 Å². The van der Waals surface area contributed by atoms with Gasteiger partial charge in [-0.05, 0) is 36.8 Å². The number of aromatic amines is 1. The zero-order chi connectivity index (χ0) is 10.1. The standard InChI is InChI=1S/C13H14N2/c1-2-6-11-10(4-1)5-3-7-12(11)13-14-8-9-15-13/h3,5,7-9H,1-2,4,6H2,(H,14,15). The fraction of sp³-hybridized carbons (Fsp3) is 0.308. The van der Waals surface area contributed by atoms with E-state index in [1.165, 1.54) is 42.4 Å². The molecule has 76 valence electrons. The van der Waals surface area contributed by atoms with Crippen molar-refractivity contribution in [1.82, 2.24) is 9.97 Å². The number of aromatic nitrogens is 2. The van der Waals surface area contributed by atoms with Crippen LogP contribution in [0.4, 0.5) is 0 Å².